The summed E-state index contributed by atoms with van der Waals surface area (Å²) in [7, 11) is 0. The average molecular weight is 272 g/mol. The molecule has 0 aliphatic carbocycles. The van der Waals surface area contributed by atoms with Gasteiger partial charge in [0.25, 0.3) is 0 Å². The summed E-state index contributed by atoms with van der Waals surface area (Å²) in [5.41, 5.74) is 0. The molecule has 0 bridgehead atoms. The first kappa shape index (κ1) is 16.4. The molecule has 0 radical (unpaired) electrons. The van der Waals surface area contributed by atoms with E-state index in [9.17, 15) is 9.90 Å². The van der Waals surface area contributed by atoms with Gasteiger partial charge in [-0.05, 0) is 12.8 Å². The van der Waals surface area contributed by atoms with Crippen LogP contribution in [0.5, 0.6) is 0 Å². The van der Waals surface area contributed by atoms with Gasteiger partial charge >= 0.3 is 0 Å². The van der Waals surface area contributed by atoms with Crippen molar-refractivity contribution in [2.45, 2.75) is 33.3 Å². The maximum Gasteiger partial charge on any atom is 0.222 e. The molecule has 1 heterocycles. The molecule has 5 nitrogen and oxygen atoms in total. The van der Waals surface area contributed by atoms with Crippen LogP contribution in [0.1, 0.15) is 27.2 Å². The molecule has 1 aliphatic heterocycles. The van der Waals surface area contributed by atoms with Crippen LogP contribution in [0.3, 0.4) is 0 Å². The van der Waals surface area contributed by atoms with E-state index in [2.05, 4.69) is 18.7 Å². The number of amides is 1. The van der Waals surface area contributed by atoms with E-state index in [1.165, 1.54) is 0 Å². The molecule has 19 heavy (non-hydrogen) atoms. The summed E-state index contributed by atoms with van der Waals surface area (Å²) in [6.07, 6.45) is 0.199. The fraction of sp³-hybridized carbons (Fsp3) is 0.929. The van der Waals surface area contributed by atoms with Crippen molar-refractivity contribution in [3.63, 3.8) is 0 Å². The number of carbonyl (C=O) groups excluding carboxylic acids is 1. The van der Waals surface area contributed by atoms with E-state index in [4.69, 9.17) is 4.74 Å². The van der Waals surface area contributed by atoms with Crippen molar-refractivity contribution < 1.29 is 14.6 Å². The molecule has 0 spiro atoms. The molecule has 1 rings (SSSR count). The minimum Gasteiger partial charge on any atom is -0.389 e. The Bertz CT molecular complexity index is 263. The first-order chi connectivity index (χ1) is 9.02. The molecule has 0 aromatic rings. The molecule has 112 valence electrons. The van der Waals surface area contributed by atoms with Crippen LogP contribution >= 0.6 is 0 Å². The monoisotopic (exact) mass is 272 g/mol. The number of aliphatic hydroxyl groups excluding tert-OH is 1. The zero-order valence-corrected chi connectivity index (χ0v) is 12.5. The van der Waals surface area contributed by atoms with Crippen molar-refractivity contribution in [3.8, 4) is 0 Å². The lowest BCUT2D eigenvalue weighted by Crippen LogP contribution is -2.51. The van der Waals surface area contributed by atoms with Gasteiger partial charge in [-0.3, -0.25) is 9.69 Å². The van der Waals surface area contributed by atoms with Crippen molar-refractivity contribution in [1.82, 2.24) is 9.80 Å². The number of rotatable bonds is 7. The normalized spacial score (nSPS) is 18.9. The molecule has 1 fully saturated rings. The van der Waals surface area contributed by atoms with Crippen LogP contribution in [0, 0.1) is 5.92 Å². The van der Waals surface area contributed by atoms with Gasteiger partial charge in [0, 0.05) is 45.8 Å². The minimum atomic E-state index is -0.433. The molecule has 1 atom stereocenters. The van der Waals surface area contributed by atoms with Gasteiger partial charge in [-0.1, -0.05) is 13.8 Å². The standard InChI is InChI=1S/C14H28N2O3/c1-4-19-11-13(17)10-15-5-7-16(8-6-15)14(18)9-12(2)3/h12-13,17H,4-11H2,1-3H3. The van der Waals surface area contributed by atoms with Gasteiger partial charge in [0.05, 0.1) is 12.7 Å². The maximum atomic E-state index is 11.9. The molecule has 0 saturated carbocycles. The van der Waals surface area contributed by atoms with Gasteiger partial charge in [-0.2, -0.15) is 0 Å². The highest BCUT2D eigenvalue weighted by atomic mass is 16.5. The Morgan fingerprint density at radius 2 is 1.89 bits per heavy atom. The van der Waals surface area contributed by atoms with Gasteiger partial charge in [0.15, 0.2) is 0 Å². The topological polar surface area (TPSA) is 53.0 Å². The van der Waals surface area contributed by atoms with Crippen LogP contribution < -0.4 is 0 Å². The first-order valence-corrected chi connectivity index (χ1v) is 7.28. The Labute approximate surface area is 116 Å². The van der Waals surface area contributed by atoms with E-state index in [1.807, 2.05) is 11.8 Å². The lowest BCUT2D eigenvalue weighted by atomic mass is 10.1. The summed E-state index contributed by atoms with van der Waals surface area (Å²) in [5.74, 6) is 0.669. The molecule has 1 unspecified atom stereocenters. The Kier molecular flexibility index (Phi) is 7.34. The van der Waals surface area contributed by atoms with Crippen LogP contribution in [0.25, 0.3) is 0 Å². The van der Waals surface area contributed by atoms with Crippen LogP contribution in [-0.2, 0) is 9.53 Å². The van der Waals surface area contributed by atoms with Gasteiger partial charge in [0.2, 0.25) is 5.91 Å². The third-order valence-electron chi connectivity index (χ3n) is 3.29. The Morgan fingerprint density at radius 1 is 1.26 bits per heavy atom. The van der Waals surface area contributed by atoms with E-state index in [1.54, 1.807) is 0 Å². The Hall–Kier alpha value is -0.650. The first-order valence-electron chi connectivity index (χ1n) is 7.28. The lowest BCUT2D eigenvalue weighted by Gasteiger charge is -2.35. The van der Waals surface area contributed by atoms with Crippen molar-refractivity contribution in [3.05, 3.63) is 0 Å². The third-order valence-corrected chi connectivity index (χ3v) is 3.29. The summed E-state index contributed by atoms with van der Waals surface area (Å²) in [4.78, 5) is 16.0. The van der Waals surface area contributed by atoms with Crippen molar-refractivity contribution >= 4 is 5.91 Å². The molecule has 1 amide bonds. The SMILES string of the molecule is CCOCC(O)CN1CCN(C(=O)CC(C)C)CC1. The summed E-state index contributed by atoms with van der Waals surface area (Å²) >= 11 is 0. The molecule has 5 heteroatoms. The second kappa shape index (κ2) is 8.51. The number of carbonyl (C=O) groups is 1. The Balaban J connectivity index is 2.23. The molecular formula is C14H28N2O3. The number of hydrogen-bond donors (Lipinski definition) is 1. The highest BCUT2D eigenvalue weighted by molar-refractivity contribution is 5.76. The van der Waals surface area contributed by atoms with Gasteiger partial charge in [-0.15, -0.1) is 0 Å². The second-order valence-corrected chi connectivity index (χ2v) is 5.59. The predicted octanol–water partition coefficient (Wildman–Crippen LogP) is 0.574. The zero-order chi connectivity index (χ0) is 14.3. The number of β-amino-alcohol motifs (C(OH)–C–C–N with tert-alkyl or cyclic N) is 1. The summed E-state index contributed by atoms with van der Waals surface area (Å²) in [6, 6.07) is 0. The lowest BCUT2D eigenvalue weighted by molar-refractivity contribution is -0.133. The Morgan fingerprint density at radius 3 is 2.42 bits per heavy atom. The number of piperazine rings is 1. The highest BCUT2D eigenvalue weighted by Gasteiger charge is 2.22. The van der Waals surface area contributed by atoms with E-state index in [-0.39, 0.29) is 5.91 Å². The largest absolute Gasteiger partial charge is 0.389 e. The average Bonchev–Trinajstić information content (AvgIpc) is 2.36. The van der Waals surface area contributed by atoms with Crippen LogP contribution in [0.15, 0.2) is 0 Å². The van der Waals surface area contributed by atoms with Gasteiger partial charge in [-0.25, -0.2) is 0 Å². The summed E-state index contributed by atoms with van der Waals surface area (Å²) in [6.45, 7) is 10.9. The smallest absolute Gasteiger partial charge is 0.222 e. The molecule has 0 aromatic heterocycles. The molecule has 1 saturated heterocycles. The third kappa shape index (κ3) is 6.36. The molecule has 1 aliphatic rings. The number of aliphatic hydroxyl groups is 1. The molecular weight excluding hydrogens is 244 g/mol. The van der Waals surface area contributed by atoms with E-state index in [0.717, 1.165) is 26.2 Å². The molecule has 0 aromatic carbocycles. The van der Waals surface area contributed by atoms with Crippen LogP contribution in [0.2, 0.25) is 0 Å². The predicted molar refractivity (Wildman–Crippen MR) is 75.0 cm³/mol. The van der Waals surface area contributed by atoms with Crippen LogP contribution in [0.4, 0.5) is 0 Å². The van der Waals surface area contributed by atoms with Crippen molar-refractivity contribution in [2.75, 3.05) is 45.9 Å². The van der Waals surface area contributed by atoms with Crippen molar-refractivity contribution in [1.29, 1.82) is 0 Å². The maximum absolute atomic E-state index is 11.9. The minimum absolute atomic E-state index is 0.254. The summed E-state index contributed by atoms with van der Waals surface area (Å²) in [5, 5.41) is 9.78. The van der Waals surface area contributed by atoms with E-state index >= 15 is 0 Å². The fourth-order valence-electron chi connectivity index (χ4n) is 2.26. The quantitative estimate of drug-likeness (QED) is 0.736. The summed E-state index contributed by atoms with van der Waals surface area (Å²) < 4.78 is 5.20. The number of nitrogens with zero attached hydrogens (tertiary/aromatic N) is 2. The van der Waals surface area contributed by atoms with E-state index < -0.39 is 6.10 Å². The number of ether oxygens (including phenoxy) is 1. The van der Waals surface area contributed by atoms with E-state index in [0.29, 0.717) is 32.1 Å². The zero-order valence-electron chi connectivity index (χ0n) is 12.5. The fourth-order valence-corrected chi connectivity index (χ4v) is 2.26. The number of hydrogen-bond acceptors (Lipinski definition) is 4. The highest BCUT2D eigenvalue weighted by Crippen LogP contribution is 2.08. The molecule has 1 N–H and O–H groups in total. The van der Waals surface area contributed by atoms with Crippen LogP contribution in [-0.4, -0.2) is 72.9 Å². The van der Waals surface area contributed by atoms with Crippen molar-refractivity contribution in [2.24, 2.45) is 5.92 Å². The second-order valence-electron chi connectivity index (χ2n) is 5.59. The van der Waals surface area contributed by atoms with Gasteiger partial charge < -0.3 is 14.7 Å². The van der Waals surface area contributed by atoms with Gasteiger partial charge in [0.1, 0.15) is 0 Å².